The van der Waals surface area contributed by atoms with Crippen LogP contribution in [0.4, 0.5) is 5.82 Å². The third-order valence-corrected chi connectivity index (χ3v) is 3.87. The molecule has 5 nitrogen and oxygen atoms in total. The third kappa shape index (κ3) is 5.14. The number of fused-ring (bicyclic) bond motifs is 3. The number of nitrogens with zero attached hydrogens (tertiary/aromatic N) is 1. The van der Waals surface area contributed by atoms with Gasteiger partial charge >= 0.3 is 0 Å². The van der Waals surface area contributed by atoms with Gasteiger partial charge in [-0.05, 0) is 36.1 Å². The van der Waals surface area contributed by atoms with Crippen molar-refractivity contribution in [3.8, 4) is 22.6 Å². The van der Waals surface area contributed by atoms with Crippen molar-refractivity contribution in [3.63, 3.8) is 0 Å². The molecule has 2 aromatic rings. The van der Waals surface area contributed by atoms with E-state index in [1.54, 1.807) is 6.20 Å². The molecular weight excluding hydrogens is 361 g/mol. The Balaban J connectivity index is 0.00000156. The Hall–Kier alpha value is -1.69. The molecule has 0 radical (unpaired) electrons. The minimum absolute atomic E-state index is 0. The zero-order chi connectivity index (χ0) is 16.4. The van der Waals surface area contributed by atoms with Crippen LogP contribution in [0.5, 0.6) is 11.5 Å². The van der Waals surface area contributed by atoms with E-state index in [4.69, 9.17) is 20.9 Å². The summed E-state index contributed by atoms with van der Waals surface area (Å²) in [5, 5.41) is 0. The number of hydrogen-bond donors (Lipinski definition) is 2. The molecule has 4 N–H and O–H groups in total. The number of ether oxygens (including phenoxy) is 2. The molecule has 0 spiro atoms. The van der Waals surface area contributed by atoms with Crippen molar-refractivity contribution in [2.45, 2.75) is 32.9 Å². The summed E-state index contributed by atoms with van der Waals surface area (Å²) in [6.45, 7) is 5.31. The molecule has 0 saturated heterocycles. The SMILES string of the molecule is CC(C)CC(N)COc1ccc2c(c1)OCc1cnc(N)cc1-2.Cl.Cl. The molecule has 0 fully saturated rings. The Morgan fingerprint density at radius 2 is 1.96 bits per heavy atom. The van der Waals surface area contributed by atoms with Gasteiger partial charge in [-0.25, -0.2) is 4.98 Å². The number of hydrogen-bond acceptors (Lipinski definition) is 5. The Morgan fingerprint density at radius 1 is 1.20 bits per heavy atom. The molecule has 1 aliphatic heterocycles. The first kappa shape index (κ1) is 21.4. The highest BCUT2D eigenvalue weighted by molar-refractivity contribution is 5.85. The van der Waals surface area contributed by atoms with Crippen molar-refractivity contribution in [2.24, 2.45) is 11.7 Å². The van der Waals surface area contributed by atoms with E-state index < -0.39 is 0 Å². The molecular formula is C18H25Cl2N3O2. The van der Waals surface area contributed by atoms with E-state index in [2.05, 4.69) is 18.8 Å². The normalized spacial score (nSPS) is 12.8. The molecule has 25 heavy (non-hydrogen) atoms. The first-order chi connectivity index (χ1) is 11.0. The van der Waals surface area contributed by atoms with Gasteiger partial charge in [0.15, 0.2) is 0 Å². The van der Waals surface area contributed by atoms with Crippen LogP contribution in [0.25, 0.3) is 11.1 Å². The minimum Gasteiger partial charge on any atom is -0.492 e. The molecule has 1 unspecified atom stereocenters. The van der Waals surface area contributed by atoms with Crippen LogP contribution in [-0.2, 0) is 6.61 Å². The van der Waals surface area contributed by atoms with Crippen LogP contribution in [-0.4, -0.2) is 17.6 Å². The maximum Gasteiger partial charge on any atom is 0.131 e. The maximum atomic E-state index is 6.06. The van der Waals surface area contributed by atoms with Crippen LogP contribution in [0.2, 0.25) is 0 Å². The third-order valence-electron chi connectivity index (χ3n) is 3.87. The number of rotatable bonds is 5. The van der Waals surface area contributed by atoms with Crippen LogP contribution >= 0.6 is 24.8 Å². The second kappa shape index (κ2) is 9.13. The second-order valence-corrected chi connectivity index (χ2v) is 6.41. The zero-order valence-electron chi connectivity index (χ0n) is 14.4. The Bertz CT molecular complexity index is 711. The summed E-state index contributed by atoms with van der Waals surface area (Å²) in [4.78, 5) is 4.11. The molecule has 0 aliphatic carbocycles. The summed E-state index contributed by atoms with van der Waals surface area (Å²) in [5.74, 6) is 2.65. The highest BCUT2D eigenvalue weighted by Gasteiger charge is 2.19. The van der Waals surface area contributed by atoms with Crippen molar-refractivity contribution in [2.75, 3.05) is 12.3 Å². The molecule has 1 aromatic carbocycles. The van der Waals surface area contributed by atoms with Crippen molar-refractivity contribution >= 4 is 30.6 Å². The van der Waals surface area contributed by atoms with E-state index in [0.29, 0.717) is 24.9 Å². The summed E-state index contributed by atoms with van der Waals surface area (Å²) >= 11 is 0. The highest BCUT2D eigenvalue weighted by Crippen LogP contribution is 2.39. The van der Waals surface area contributed by atoms with Gasteiger partial charge in [-0.2, -0.15) is 0 Å². The van der Waals surface area contributed by atoms with E-state index in [0.717, 1.165) is 34.6 Å². The van der Waals surface area contributed by atoms with Crippen molar-refractivity contribution in [3.05, 3.63) is 36.0 Å². The number of pyridine rings is 1. The van der Waals surface area contributed by atoms with Crippen molar-refractivity contribution in [1.82, 2.24) is 4.98 Å². The van der Waals surface area contributed by atoms with E-state index in [1.807, 2.05) is 24.3 Å². The standard InChI is InChI=1S/C18H23N3O2.2ClH/c1-11(2)5-13(19)10-22-14-3-4-15-16-7-18(20)21-8-12(16)9-23-17(15)6-14;;/h3-4,6-8,11,13H,5,9-10,19H2,1-2H3,(H2,20,21);2*1H. The van der Waals surface area contributed by atoms with Gasteiger partial charge in [-0.1, -0.05) is 13.8 Å². The van der Waals surface area contributed by atoms with Gasteiger partial charge < -0.3 is 20.9 Å². The average molecular weight is 386 g/mol. The van der Waals surface area contributed by atoms with E-state index in [9.17, 15) is 0 Å². The molecule has 0 bridgehead atoms. The lowest BCUT2D eigenvalue weighted by Crippen LogP contribution is -2.29. The van der Waals surface area contributed by atoms with Gasteiger partial charge in [-0.15, -0.1) is 24.8 Å². The number of anilines is 1. The summed E-state index contributed by atoms with van der Waals surface area (Å²) in [6.07, 6.45) is 2.71. The smallest absolute Gasteiger partial charge is 0.131 e. The Labute approximate surface area is 160 Å². The lowest BCUT2D eigenvalue weighted by atomic mass is 9.98. The molecule has 3 rings (SSSR count). The van der Waals surface area contributed by atoms with Crippen molar-refractivity contribution < 1.29 is 9.47 Å². The predicted octanol–water partition coefficient (Wildman–Crippen LogP) is 3.82. The lowest BCUT2D eigenvalue weighted by molar-refractivity contribution is 0.265. The topological polar surface area (TPSA) is 83.4 Å². The maximum absolute atomic E-state index is 6.06. The molecule has 138 valence electrons. The number of nitrogens with two attached hydrogens (primary N) is 2. The number of halogens is 2. The molecule has 0 amide bonds. The van der Waals surface area contributed by atoms with Crippen LogP contribution in [0.3, 0.4) is 0 Å². The lowest BCUT2D eigenvalue weighted by Gasteiger charge is -2.22. The number of benzene rings is 1. The van der Waals surface area contributed by atoms with E-state index in [-0.39, 0.29) is 30.9 Å². The van der Waals surface area contributed by atoms with Crippen LogP contribution in [0.1, 0.15) is 25.8 Å². The molecule has 0 saturated carbocycles. The average Bonchev–Trinajstić information content (AvgIpc) is 2.51. The highest BCUT2D eigenvalue weighted by atomic mass is 35.5. The Morgan fingerprint density at radius 3 is 2.68 bits per heavy atom. The van der Waals surface area contributed by atoms with Gasteiger partial charge in [0.05, 0.1) is 0 Å². The Kier molecular flexibility index (Phi) is 7.80. The predicted molar refractivity (Wildman–Crippen MR) is 106 cm³/mol. The summed E-state index contributed by atoms with van der Waals surface area (Å²) in [5.41, 5.74) is 15.0. The number of nitrogen functional groups attached to an aromatic ring is 1. The fourth-order valence-corrected chi connectivity index (χ4v) is 2.83. The molecule has 1 aliphatic rings. The van der Waals surface area contributed by atoms with Crippen LogP contribution in [0.15, 0.2) is 30.5 Å². The molecule has 1 aromatic heterocycles. The largest absolute Gasteiger partial charge is 0.492 e. The quantitative estimate of drug-likeness (QED) is 0.816. The monoisotopic (exact) mass is 385 g/mol. The first-order valence-electron chi connectivity index (χ1n) is 7.93. The van der Waals surface area contributed by atoms with Gasteiger partial charge in [0.2, 0.25) is 0 Å². The molecule has 1 atom stereocenters. The van der Waals surface area contributed by atoms with Crippen LogP contribution < -0.4 is 20.9 Å². The summed E-state index contributed by atoms with van der Waals surface area (Å²) < 4.78 is 11.6. The zero-order valence-corrected chi connectivity index (χ0v) is 16.0. The first-order valence-corrected chi connectivity index (χ1v) is 7.93. The van der Waals surface area contributed by atoms with Crippen molar-refractivity contribution in [1.29, 1.82) is 0 Å². The van der Waals surface area contributed by atoms with Gasteiger partial charge in [-0.3, -0.25) is 0 Å². The number of aromatic nitrogens is 1. The van der Waals surface area contributed by atoms with E-state index in [1.165, 1.54) is 0 Å². The van der Waals surface area contributed by atoms with Crippen LogP contribution in [0, 0.1) is 5.92 Å². The fourth-order valence-electron chi connectivity index (χ4n) is 2.83. The minimum atomic E-state index is 0. The van der Waals surface area contributed by atoms with Gasteiger partial charge in [0, 0.05) is 29.4 Å². The molecule has 2 heterocycles. The second-order valence-electron chi connectivity index (χ2n) is 6.41. The van der Waals surface area contributed by atoms with Gasteiger partial charge in [0.25, 0.3) is 0 Å². The van der Waals surface area contributed by atoms with Gasteiger partial charge in [0.1, 0.15) is 30.5 Å². The van der Waals surface area contributed by atoms with E-state index >= 15 is 0 Å². The molecule has 7 heteroatoms. The summed E-state index contributed by atoms with van der Waals surface area (Å²) in [6, 6.07) is 7.78. The fraction of sp³-hybridized carbons (Fsp3) is 0.389. The summed E-state index contributed by atoms with van der Waals surface area (Å²) in [7, 11) is 0.